The molecule has 0 amide bonds. The minimum atomic E-state index is -0.984. The van der Waals surface area contributed by atoms with Gasteiger partial charge < -0.3 is 9.84 Å². The van der Waals surface area contributed by atoms with Gasteiger partial charge in [-0.05, 0) is 32.0 Å². The average Bonchev–Trinajstić information content (AvgIpc) is 2.28. The summed E-state index contributed by atoms with van der Waals surface area (Å²) in [6.07, 6.45) is -0.864. The zero-order valence-electron chi connectivity index (χ0n) is 9.68. The van der Waals surface area contributed by atoms with Crippen LogP contribution in [0.15, 0.2) is 30.3 Å². The molecular formula is C13H13NO3. The summed E-state index contributed by atoms with van der Waals surface area (Å²) in [4.78, 5) is 15.0. The number of carboxylic acids is 1. The van der Waals surface area contributed by atoms with Crippen LogP contribution in [0.5, 0.6) is 5.75 Å². The molecule has 4 heteroatoms. The molecule has 1 atom stereocenters. The third-order valence-corrected chi connectivity index (χ3v) is 2.46. The number of nitrogens with zero attached hydrogens (tertiary/aromatic N) is 1. The van der Waals surface area contributed by atoms with Gasteiger partial charge in [-0.25, -0.2) is 4.79 Å². The Morgan fingerprint density at radius 2 is 2.06 bits per heavy atom. The van der Waals surface area contributed by atoms with E-state index in [9.17, 15) is 4.79 Å². The van der Waals surface area contributed by atoms with Gasteiger partial charge >= 0.3 is 5.97 Å². The molecule has 17 heavy (non-hydrogen) atoms. The van der Waals surface area contributed by atoms with Crippen LogP contribution < -0.4 is 4.74 Å². The van der Waals surface area contributed by atoms with E-state index in [1.54, 1.807) is 12.1 Å². The number of hydrogen-bond acceptors (Lipinski definition) is 3. The first-order chi connectivity index (χ1) is 8.06. The molecule has 0 saturated heterocycles. The van der Waals surface area contributed by atoms with Gasteiger partial charge in [0.25, 0.3) is 0 Å². The first-order valence-electron chi connectivity index (χ1n) is 5.33. The third kappa shape index (κ3) is 2.53. The van der Waals surface area contributed by atoms with Crippen LogP contribution in [0.2, 0.25) is 0 Å². The van der Waals surface area contributed by atoms with E-state index >= 15 is 0 Å². The Hall–Kier alpha value is -2.10. The van der Waals surface area contributed by atoms with E-state index in [1.165, 1.54) is 6.92 Å². The molecule has 1 N–H and O–H groups in total. The van der Waals surface area contributed by atoms with Crippen LogP contribution in [0.3, 0.4) is 0 Å². The summed E-state index contributed by atoms with van der Waals surface area (Å²) >= 11 is 0. The Bertz CT molecular complexity index is 566. The van der Waals surface area contributed by atoms with Crippen molar-refractivity contribution in [2.45, 2.75) is 20.0 Å². The Kier molecular flexibility index (Phi) is 2.95. The van der Waals surface area contributed by atoms with Gasteiger partial charge in [0.1, 0.15) is 5.75 Å². The lowest BCUT2D eigenvalue weighted by Gasteiger charge is -2.10. The topological polar surface area (TPSA) is 59.4 Å². The van der Waals surface area contributed by atoms with Crippen LogP contribution in [0.25, 0.3) is 10.9 Å². The molecule has 1 unspecified atom stereocenters. The van der Waals surface area contributed by atoms with Gasteiger partial charge in [0.15, 0.2) is 6.10 Å². The lowest BCUT2D eigenvalue weighted by atomic mass is 10.2. The number of aryl methyl sites for hydroxylation is 1. The second-order valence-corrected chi connectivity index (χ2v) is 3.91. The summed E-state index contributed by atoms with van der Waals surface area (Å²) in [5.74, 6) is -0.465. The van der Waals surface area contributed by atoms with E-state index in [0.717, 1.165) is 16.6 Å². The molecule has 2 aromatic rings. The SMILES string of the molecule is Cc1ccc2ccc(OC(C)C(=O)O)cc2n1. The molecule has 0 bridgehead atoms. The first kappa shape index (κ1) is 11.4. The molecule has 0 aliphatic carbocycles. The van der Waals surface area contributed by atoms with E-state index in [2.05, 4.69) is 4.98 Å². The van der Waals surface area contributed by atoms with E-state index < -0.39 is 12.1 Å². The Morgan fingerprint density at radius 3 is 2.76 bits per heavy atom. The van der Waals surface area contributed by atoms with Crippen molar-refractivity contribution in [1.29, 1.82) is 0 Å². The van der Waals surface area contributed by atoms with Crippen LogP contribution in [-0.2, 0) is 4.79 Å². The summed E-state index contributed by atoms with van der Waals surface area (Å²) < 4.78 is 5.28. The quantitative estimate of drug-likeness (QED) is 0.881. The first-order valence-corrected chi connectivity index (χ1v) is 5.33. The number of carboxylic acid groups (broad SMARTS) is 1. The maximum absolute atomic E-state index is 10.7. The molecule has 0 fully saturated rings. The van der Waals surface area contributed by atoms with Crippen LogP contribution in [-0.4, -0.2) is 22.2 Å². The van der Waals surface area contributed by atoms with Crippen molar-refractivity contribution in [3.8, 4) is 5.75 Å². The fourth-order valence-corrected chi connectivity index (χ4v) is 1.53. The van der Waals surface area contributed by atoms with Gasteiger partial charge in [0.2, 0.25) is 0 Å². The van der Waals surface area contributed by atoms with Crippen molar-refractivity contribution in [2.24, 2.45) is 0 Å². The predicted molar refractivity (Wildman–Crippen MR) is 64.2 cm³/mol. The van der Waals surface area contributed by atoms with E-state index in [1.807, 2.05) is 25.1 Å². The third-order valence-electron chi connectivity index (χ3n) is 2.46. The van der Waals surface area contributed by atoms with Crippen molar-refractivity contribution in [1.82, 2.24) is 4.98 Å². The second-order valence-electron chi connectivity index (χ2n) is 3.91. The van der Waals surface area contributed by atoms with Gasteiger partial charge in [0, 0.05) is 17.1 Å². The van der Waals surface area contributed by atoms with Crippen LogP contribution in [0, 0.1) is 6.92 Å². The summed E-state index contributed by atoms with van der Waals surface area (Å²) in [6, 6.07) is 9.27. The van der Waals surface area contributed by atoms with E-state index in [4.69, 9.17) is 9.84 Å². The highest BCUT2D eigenvalue weighted by molar-refractivity contribution is 5.80. The summed E-state index contributed by atoms with van der Waals surface area (Å²) in [5.41, 5.74) is 1.72. The molecule has 0 aliphatic rings. The highest BCUT2D eigenvalue weighted by atomic mass is 16.5. The number of carbonyl (C=O) groups is 1. The van der Waals surface area contributed by atoms with Crippen LogP contribution >= 0.6 is 0 Å². The molecule has 0 aliphatic heterocycles. The zero-order chi connectivity index (χ0) is 12.4. The van der Waals surface area contributed by atoms with Crippen molar-refractivity contribution in [3.63, 3.8) is 0 Å². The normalized spacial score (nSPS) is 12.4. The number of rotatable bonds is 3. The van der Waals surface area contributed by atoms with Gasteiger partial charge in [-0.3, -0.25) is 4.98 Å². The summed E-state index contributed by atoms with van der Waals surface area (Å²) in [5, 5.41) is 9.77. The molecule has 0 saturated carbocycles. The lowest BCUT2D eigenvalue weighted by molar-refractivity contribution is -0.144. The van der Waals surface area contributed by atoms with Gasteiger partial charge in [-0.15, -0.1) is 0 Å². The predicted octanol–water partition coefficient (Wildman–Crippen LogP) is 2.40. The average molecular weight is 231 g/mol. The molecule has 88 valence electrons. The minimum absolute atomic E-state index is 0.519. The zero-order valence-corrected chi connectivity index (χ0v) is 9.68. The highest BCUT2D eigenvalue weighted by Crippen LogP contribution is 2.20. The number of ether oxygens (including phenoxy) is 1. The van der Waals surface area contributed by atoms with Crippen molar-refractivity contribution in [3.05, 3.63) is 36.0 Å². The largest absolute Gasteiger partial charge is 0.479 e. The monoisotopic (exact) mass is 231 g/mol. The molecule has 1 aromatic carbocycles. The Morgan fingerprint density at radius 1 is 1.35 bits per heavy atom. The number of benzene rings is 1. The smallest absolute Gasteiger partial charge is 0.344 e. The highest BCUT2D eigenvalue weighted by Gasteiger charge is 2.12. The van der Waals surface area contributed by atoms with Crippen molar-refractivity contribution < 1.29 is 14.6 Å². The summed E-state index contributed by atoms with van der Waals surface area (Å²) in [6.45, 7) is 3.41. The fourth-order valence-electron chi connectivity index (χ4n) is 1.53. The Labute approximate surface area is 98.9 Å². The molecule has 0 radical (unpaired) electrons. The lowest BCUT2D eigenvalue weighted by Crippen LogP contribution is -2.22. The van der Waals surface area contributed by atoms with E-state index in [-0.39, 0.29) is 0 Å². The van der Waals surface area contributed by atoms with Crippen molar-refractivity contribution in [2.75, 3.05) is 0 Å². The number of pyridine rings is 1. The molecule has 4 nitrogen and oxygen atoms in total. The number of fused-ring (bicyclic) bond motifs is 1. The molecule has 1 aromatic heterocycles. The minimum Gasteiger partial charge on any atom is -0.479 e. The maximum Gasteiger partial charge on any atom is 0.344 e. The molecule has 0 spiro atoms. The Balaban J connectivity index is 2.33. The molecule has 2 rings (SSSR count). The van der Waals surface area contributed by atoms with Gasteiger partial charge in [-0.1, -0.05) is 6.07 Å². The standard InChI is InChI=1S/C13H13NO3/c1-8-3-4-10-5-6-11(7-12(10)14-8)17-9(2)13(15)16/h3-7,9H,1-2H3,(H,15,16). The number of aliphatic carboxylic acids is 1. The molecular weight excluding hydrogens is 218 g/mol. The van der Waals surface area contributed by atoms with Gasteiger partial charge in [-0.2, -0.15) is 0 Å². The second kappa shape index (κ2) is 4.41. The summed E-state index contributed by atoms with van der Waals surface area (Å²) in [7, 11) is 0. The van der Waals surface area contributed by atoms with Gasteiger partial charge in [0.05, 0.1) is 5.52 Å². The fraction of sp³-hybridized carbons (Fsp3) is 0.231. The number of aromatic nitrogens is 1. The maximum atomic E-state index is 10.7. The van der Waals surface area contributed by atoms with Crippen molar-refractivity contribution >= 4 is 16.9 Å². The van der Waals surface area contributed by atoms with Crippen LogP contribution in [0.4, 0.5) is 0 Å². The molecule has 1 heterocycles. The number of hydrogen-bond donors (Lipinski definition) is 1. The van der Waals surface area contributed by atoms with Crippen LogP contribution in [0.1, 0.15) is 12.6 Å². The van der Waals surface area contributed by atoms with E-state index in [0.29, 0.717) is 5.75 Å².